The Bertz CT molecular complexity index is 1180. The minimum atomic E-state index is -0.515. The molecule has 156 valence electrons. The second kappa shape index (κ2) is 9.06. The van der Waals surface area contributed by atoms with Crippen LogP contribution in [0, 0.1) is 6.92 Å². The zero-order valence-corrected chi connectivity index (χ0v) is 17.8. The SMILES string of the molecule is COc1cccc(/C=C2\N=C(c3ccc(C)cc3)OC2=O)c1OCc1cccc(Cl)c1. The van der Waals surface area contributed by atoms with Crippen LogP contribution < -0.4 is 9.47 Å². The van der Waals surface area contributed by atoms with Crippen molar-refractivity contribution in [2.75, 3.05) is 7.11 Å². The third kappa shape index (κ3) is 4.78. The van der Waals surface area contributed by atoms with Gasteiger partial charge in [-0.15, -0.1) is 0 Å². The van der Waals surface area contributed by atoms with Crippen molar-refractivity contribution in [1.82, 2.24) is 0 Å². The molecule has 1 heterocycles. The van der Waals surface area contributed by atoms with Crippen LogP contribution in [-0.2, 0) is 16.1 Å². The molecular weight excluding hydrogens is 414 g/mol. The lowest BCUT2D eigenvalue weighted by Crippen LogP contribution is -2.05. The van der Waals surface area contributed by atoms with E-state index < -0.39 is 5.97 Å². The van der Waals surface area contributed by atoms with Crippen molar-refractivity contribution in [3.05, 3.63) is 99.7 Å². The average Bonchev–Trinajstić information content (AvgIpc) is 3.13. The smallest absolute Gasteiger partial charge is 0.363 e. The third-order valence-electron chi connectivity index (χ3n) is 4.71. The van der Waals surface area contributed by atoms with Crippen molar-refractivity contribution >= 4 is 29.5 Å². The Morgan fingerprint density at radius 2 is 1.84 bits per heavy atom. The number of hydrogen-bond donors (Lipinski definition) is 0. The number of halogens is 1. The van der Waals surface area contributed by atoms with Crippen LogP contribution in [0.1, 0.15) is 22.3 Å². The molecular formula is C25H20ClNO4. The number of para-hydroxylation sites is 1. The highest BCUT2D eigenvalue weighted by atomic mass is 35.5. The van der Waals surface area contributed by atoms with Gasteiger partial charge in [-0.05, 0) is 48.9 Å². The summed E-state index contributed by atoms with van der Waals surface area (Å²) in [4.78, 5) is 16.8. The number of hydrogen-bond acceptors (Lipinski definition) is 5. The van der Waals surface area contributed by atoms with Gasteiger partial charge in [0, 0.05) is 16.1 Å². The summed E-state index contributed by atoms with van der Waals surface area (Å²) in [6.07, 6.45) is 1.64. The Labute approximate surface area is 185 Å². The number of aryl methyl sites for hydroxylation is 1. The number of carbonyl (C=O) groups excluding carboxylic acids is 1. The fourth-order valence-corrected chi connectivity index (χ4v) is 3.33. The maximum absolute atomic E-state index is 12.4. The van der Waals surface area contributed by atoms with Crippen LogP contribution in [0.5, 0.6) is 11.5 Å². The molecule has 0 aromatic heterocycles. The fraction of sp³-hybridized carbons (Fsp3) is 0.120. The lowest BCUT2D eigenvalue weighted by molar-refractivity contribution is -0.129. The normalized spacial score (nSPS) is 14.4. The third-order valence-corrected chi connectivity index (χ3v) is 4.95. The van der Waals surface area contributed by atoms with Gasteiger partial charge in [-0.25, -0.2) is 9.79 Å². The molecule has 6 heteroatoms. The molecule has 0 unspecified atom stereocenters. The van der Waals surface area contributed by atoms with Crippen molar-refractivity contribution in [2.45, 2.75) is 13.5 Å². The Kier molecular flexibility index (Phi) is 6.05. The zero-order valence-electron chi connectivity index (χ0n) is 17.1. The van der Waals surface area contributed by atoms with Crippen molar-refractivity contribution in [3.63, 3.8) is 0 Å². The minimum Gasteiger partial charge on any atom is -0.493 e. The van der Waals surface area contributed by atoms with Crippen LogP contribution in [0.4, 0.5) is 0 Å². The van der Waals surface area contributed by atoms with Gasteiger partial charge < -0.3 is 14.2 Å². The fourth-order valence-electron chi connectivity index (χ4n) is 3.12. The van der Waals surface area contributed by atoms with E-state index in [1.807, 2.05) is 61.5 Å². The molecule has 0 aliphatic carbocycles. The van der Waals surface area contributed by atoms with Crippen molar-refractivity contribution in [1.29, 1.82) is 0 Å². The van der Waals surface area contributed by atoms with Crippen molar-refractivity contribution in [2.24, 2.45) is 4.99 Å². The Morgan fingerprint density at radius 3 is 2.58 bits per heavy atom. The van der Waals surface area contributed by atoms with Crippen LogP contribution >= 0.6 is 11.6 Å². The molecule has 5 nitrogen and oxygen atoms in total. The molecule has 0 spiro atoms. The van der Waals surface area contributed by atoms with Gasteiger partial charge in [-0.3, -0.25) is 0 Å². The van der Waals surface area contributed by atoms with Gasteiger partial charge in [0.15, 0.2) is 17.2 Å². The lowest BCUT2D eigenvalue weighted by Gasteiger charge is -2.13. The predicted molar refractivity (Wildman–Crippen MR) is 121 cm³/mol. The lowest BCUT2D eigenvalue weighted by atomic mass is 10.1. The first-order chi connectivity index (χ1) is 15.0. The van der Waals surface area contributed by atoms with E-state index in [4.69, 9.17) is 25.8 Å². The van der Waals surface area contributed by atoms with E-state index in [1.165, 1.54) is 0 Å². The minimum absolute atomic E-state index is 0.191. The van der Waals surface area contributed by atoms with Gasteiger partial charge in [-0.2, -0.15) is 0 Å². The van der Waals surface area contributed by atoms with Crippen LogP contribution in [0.2, 0.25) is 5.02 Å². The molecule has 0 radical (unpaired) electrons. The first-order valence-corrected chi connectivity index (χ1v) is 10.0. The largest absolute Gasteiger partial charge is 0.493 e. The number of rotatable bonds is 6. The average molecular weight is 434 g/mol. The summed E-state index contributed by atoms with van der Waals surface area (Å²) in [7, 11) is 1.57. The summed E-state index contributed by atoms with van der Waals surface area (Å²) in [6.45, 7) is 2.28. The molecule has 3 aromatic carbocycles. The Hall–Kier alpha value is -3.57. The summed E-state index contributed by atoms with van der Waals surface area (Å²) in [5.74, 6) is 0.814. The first kappa shape index (κ1) is 20.7. The van der Waals surface area contributed by atoms with E-state index in [2.05, 4.69) is 4.99 Å². The summed E-state index contributed by atoms with van der Waals surface area (Å²) >= 11 is 6.06. The van der Waals surface area contributed by atoms with Gasteiger partial charge in [-0.1, -0.05) is 53.6 Å². The molecule has 0 atom stereocenters. The summed E-state index contributed by atoms with van der Waals surface area (Å²) in [5.41, 5.74) is 3.61. The zero-order chi connectivity index (χ0) is 21.8. The van der Waals surface area contributed by atoms with E-state index in [9.17, 15) is 4.79 Å². The molecule has 0 amide bonds. The number of nitrogens with zero attached hydrogens (tertiary/aromatic N) is 1. The number of cyclic esters (lactones) is 1. The molecule has 1 aliphatic rings. The maximum Gasteiger partial charge on any atom is 0.363 e. The predicted octanol–water partition coefficient (Wildman–Crippen LogP) is 5.58. The van der Waals surface area contributed by atoms with Gasteiger partial charge >= 0.3 is 5.97 Å². The molecule has 0 N–H and O–H groups in total. The van der Waals surface area contributed by atoms with Gasteiger partial charge in [0.2, 0.25) is 5.90 Å². The number of ether oxygens (including phenoxy) is 3. The summed E-state index contributed by atoms with van der Waals surface area (Å²) in [6, 6.07) is 20.5. The highest BCUT2D eigenvalue weighted by molar-refractivity contribution is 6.30. The molecule has 0 fully saturated rings. The molecule has 31 heavy (non-hydrogen) atoms. The molecule has 0 saturated heterocycles. The van der Waals surface area contributed by atoms with Crippen LogP contribution in [0.3, 0.4) is 0 Å². The second-order valence-electron chi connectivity index (χ2n) is 7.00. The Morgan fingerprint density at radius 1 is 1.06 bits per heavy atom. The van der Waals surface area contributed by atoms with E-state index in [0.717, 1.165) is 16.7 Å². The maximum atomic E-state index is 12.4. The van der Waals surface area contributed by atoms with Gasteiger partial charge in [0.1, 0.15) is 6.61 Å². The topological polar surface area (TPSA) is 57.1 Å². The van der Waals surface area contributed by atoms with Crippen LogP contribution in [-0.4, -0.2) is 19.0 Å². The summed E-state index contributed by atoms with van der Waals surface area (Å²) in [5, 5.41) is 0.634. The van der Waals surface area contributed by atoms with Gasteiger partial charge in [0.25, 0.3) is 0 Å². The van der Waals surface area contributed by atoms with Crippen LogP contribution in [0.15, 0.2) is 77.4 Å². The van der Waals surface area contributed by atoms with Crippen molar-refractivity contribution < 1.29 is 19.0 Å². The number of esters is 1. The Balaban J connectivity index is 1.65. The number of aliphatic imine (C=N–C) groups is 1. The monoisotopic (exact) mass is 433 g/mol. The van der Waals surface area contributed by atoms with Gasteiger partial charge in [0.05, 0.1) is 7.11 Å². The quantitative estimate of drug-likeness (QED) is 0.376. The van der Waals surface area contributed by atoms with E-state index in [1.54, 1.807) is 25.3 Å². The van der Waals surface area contributed by atoms with E-state index >= 15 is 0 Å². The molecule has 0 bridgehead atoms. The number of benzene rings is 3. The number of methoxy groups -OCH3 is 1. The molecule has 1 aliphatic heterocycles. The molecule has 0 saturated carbocycles. The van der Waals surface area contributed by atoms with E-state index in [0.29, 0.717) is 28.7 Å². The molecule has 4 rings (SSSR count). The van der Waals surface area contributed by atoms with E-state index in [-0.39, 0.29) is 11.6 Å². The highest BCUT2D eigenvalue weighted by Gasteiger charge is 2.25. The first-order valence-electron chi connectivity index (χ1n) is 9.67. The van der Waals surface area contributed by atoms with Crippen molar-refractivity contribution in [3.8, 4) is 11.5 Å². The second-order valence-corrected chi connectivity index (χ2v) is 7.44. The standard InChI is InChI=1S/C25H20ClNO4/c1-16-9-11-18(12-10-16)24-27-21(25(28)31-24)14-19-6-4-8-22(29-2)23(19)30-15-17-5-3-7-20(26)13-17/h3-14H,15H2,1-2H3/b21-14-. The molecule has 3 aromatic rings. The summed E-state index contributed by atoms with van der Waals surface area (Å²) < 4.78 is 16.9. The number of carbonyl (C=O) groups is 1. The van der Waals surface area contributed by atoms with Crippen LogP contribution in [0.25, 0.3) is 6.08 Å². The highest BCUT2D eigenvalue weighted by Crippen LogP contribution is 2.34.